The van der Waals surface area contributed by atoms with E-state index in [1.165, 1.54) is 11.1 Å². The van der Waals surface area contributed by atoms with E-state index in [-0.39, 0.29) is 6.04 Å². The quantitative estimate of drug-likeness (QED) is 0.883. The summed E-state index contributed by atoms with van der Waals surface area (Å²) in [5.74, 6) is 1.18. The van der Waals surface area contributed by atoms with Crippen LogP contribution in [0.25, 0.3) is 0 Å². The Morgan fingerprint density at radius 1 is 1.32 bits per heavy atom. The van der Waals surface area contributed by atoms with Gasteiger partial charge in [-0.05, 0) is 32.1 Å². The zero-order valence-corrected chi connectivity index (χ0v) is 11.6. The van der Waals surface area contributed by atoms with Crippen LogP contribution in [0.1, 0.15) is 28.9 Å². The lowest BCUT2D eigenvalue weighted by molar-refractivity contribution is 0.348. The van der Waals surface area contributed by atoms with Crippen LogP contribution in [0.15, 0.2) is 28.8 Å². The first-order chi connectivity index (χ1) is 9.06. The first kappa shape index (κ1) is 13.7. The Kier molecular flexibility index (Phi) is 4.29. The second-order valence-electron chi connectivity index (χ2n) is 5.02. The summed E-state index contributed by atoms with van der Waals surface area (Å²) >= 11 is 0. The van der Waals surface area contributed by atoms with Crippen LogP contribution in [-0.2, 0) is 6.42 Å². The van der Waals surface area contributed by atoms with Crippen LogP contribution < -0.4 is 5.73 Å². The molecule has 0 bridgehead atoms. The Hall–Kier alpha value is -1.72. The molecule has 1 heterocycles. The molecule has 2 N–H and O–H groups in total. The van der Waals surface area contributed by atoms with E-state index >= 15 is 0 Å². The van der Waals surface area contributed by atoms with E-state index in [0.29, 0.717) is 24.7 Å². The molecule has 102 valence electrons. The van der Waals surface area contributed by atoms with E-state index in [1.54, 1.807) is 0 Å². The predicted molar refractivity (Wildman–Crippen MR) is 73.8 cm³/mol. The zero-order valence-electron chi connectivity index (χ0n) is 11.6. The molecule has 0 saturated carbocycles. The first-order valence-electron chi connectivity index (χ1n) is 6.33. The maximum Gasteiger partial charge on any atom is 0.231 e. The number of hydrogen-bond donors (Lipinski definition) is 1. The van der Waals surface area contributed by atoms with Gasteiger partial charge in [-0.1, -0.05) is 29.4 Å². The Bertz CT molecular complexity index is 536. The molecule has 1 aromatic heterocycles. The molecule has 5 heteroatoms. The average Bonchev–Trinajstić information content (AvgIpc) is 2.80. The highest BCUT2D eigenvalue weighted by Crippen LogP contribution is 2.14. The summed E-state index contributed by atoms with van der Waals surface area (Å²) < 4.78 is 5.27. The molecule has 2 rings (SSSR count). The lowest BCUT2D eigenvalue weighted by Crippen LogP contribution is -2.26. The smallest absolute Gasteiger partial charge is 0.231 e. The summed E-state index contributed by atoms with van der Waals surface area (Å²) in [5, 5.41) is 3.96. The second kappa shape index (κ2) is 5.95. The fourth-order valence-electron chi connectivity index (χ4n) is 1.94. The molecule has 0 aliphatic heterocycles. The summed E-state index contributed by atoms with van der Waals surface area (Å²) in [4.78, 5) is 6.37. The van der Waals surface area contributed by atoms with Crippen LogP contribution in [0.4, 0.5) is 0 Å². The molecule has 19 heavy (non-hydrogen) atoms. The Balaban J connectivity index is 2.07. The maximum absolute atomic E-state index is 6.01. The molecule has 0 aliphatic rings. The largest absolute Gasteiger partial charge is 0.339 e. The number of aryl methyl sites for hydroxylation is 1. The fourth-order valence-corrected chi connectivity index (χ4v) is 1.94. The summed E-state index contributed by atoms with van der Waals surface area (Å²) in [6.07, 6.45) is 0.647. The van der Waals surface area contributed by atoms with Gasteiger partial charge in [-0.15, -0.1) is 0 Å². The van der Waals surface area contributed by atoms with Gasteiger partial charge in [0.15, 0.2) is 5.82 Å². The van der Waals surface area contributed by atoms with Crippen LogP contribution in [0.5, 0.6) is 0 Å². The molecule has 5 nitrogen and oxygen atoms in total. The van der Waals surface area contributed by atoms with Crippen LogP contribution in [-0.4, -0.2) is 35.7 Å². The highest BCUT2D eigenvalue weighted by Gasteiger charge is 2.15. The van der Waals surface area contributed by atoms with E-state index in [4.69, 9.17) is 10.3 Å². The van der Waals surface area contributed by atoms with Crippen molar-refractivity contribution in [1.82, 2.24) is 15.0 Å². The third-order valence-corrected chi connectivity index (χ3v) is 2.98. The van der Waals surface area contributed by atoms with E-state index in [2.05, 4.69) is 29.2 Å². The van der Waals surface area contributed by atoms with Crippen LogP contribution >= 0.6 is 0 Å². The lowest BCUT2D eigenvalue weighted by atomic mass is 10.1. The van der Waals surface area contributed by atoms with Crippen molar-refractivity contribution < 1.29 is 4.52 Å². The number of nitrogens with zero attached hydrogens (tertiary/aromatic N) is 3. The zero-order chi connectivity index (χ0) is 13.8. The summed E-state index contributed by atoms with van der Waals surface area (Å²) in [6, 6.07) is 7.95. The van der Waals surface area contributed by atoms with Crippen LogP contribution in [0.3, 0.4) is 0 Å². The molecule has 0 spiro atoms. The Morgan fingerprint density at radius 2 is 2.05 bits per heavy atom. The fraction of sp³-hybridized carbons (Fsp3) is 0.429. The van der Waals surface area contributed by atoms with Gasteiger partial charge in [0.2, 0.25) is 5.89 Å². The number of likely N-dealkylation sites (N-methyl/N-ethyl adjacent to an activating group) is 1. The number of nitrogens with two attached hydrogens (primary N) is 1. The van der Waals surface area contributed by atoms with Crippen molar-refractivity contribution >= 4 is 0 Å². The Labute approximate surface area is 113 Å². The molecule has 0 radical (unpaired) electrons. The van der Waals surface area contributed by atoms with Gasteiger partial charge in [0, 0.05) is 6.54 Å². The molecule has 2 aromatic rings. The van der Waals surface area contributed by atoms with Gasteiger partial charge in [-0.3, -0.25) is 0 Å². The van der Waals surface area contributed by atoms with Crippen LogP contribution in [0.2, 0.25) is 0 Å². The standard InChI is InChI=1S/C14H20N4O/c1-10-6-4-5-7-11(10)8-13-16-14(17-19-13)12(15)9-18(2)3/h4-7,12H,8-9,15H2,1-3H3. The van der Waals surface area contributed by atoms with Gasteiger partial charge in [-0.2, -0.15) is 4.98 Å². The van der Waals surface area contributed by atoms with E-state index in [0.717, 1.165) is 0 Å². The van der Waals surface area contributed by atoms with E-state index < -0.39 is 0 Å². The molecule has 0 saturated heterocycles. The van der Waals surface area contributed by atoms with Crippen molar-refractivity contribution in [3.63, 3.8) is 0 Å². The number of rotatable bonds is 5. The molecule has 0 amide bonds. The number of aromatic nitrogens is 2. The number of hydrogen-bond acceptors (Lipinski definition) is 5. The average molecular weight is 260 g/mol. The van der Waals surface area contributed by atoms with Gasteiger partial charge >= 0.3 is 0 Å². The molecule has 1 atom stereocenters. The van der Waals surface area contributed by atoms with Crippen molar-refractivity contribution in [3.8, 4) is 0 Å². The second-order valence-corrected chi connectivity index (χ2v) is 5.02. The van der Waals surface area contributed by atoms with Crippen molar-refractivity contribution in [2.45, 2.75) is 19.4 Å². The highest BCUT2D eigenvalue weighted by atomic mass is 16.5. The molecule has 0 fully saturated rings. The monoisotopic (exact) mass is 260 g/mol. The maximum atomic E-state index is 6.01. The summed E-state index contributed by atoms with van der Waals surface area (Å²) in [5.41, 5.74) is 8.42. The van der Waals surface area contributed by atoms with Crippen molar-refractivity contribution in [1.29, 1.82) is 0 Å². The van der Waals surface area contributed by atoms with Gasteiger partial charge in [0.1, 0.15) is 0 Å². The molecular weight excluding hydrogens is 240 g/mol. The first-order valence-corrected chi connectivity index (χ1v) is 6.33. The van der Waals surface area contributed by atoms with E-state index in [9.17, 15) is 0 Å². The van der Waals surface area contributed by atoms with Gasteiger partial charge < -0.3 is 15.2 Å². The van der Waals surface area contributed by atoms with Gasteiger partial charge in [-0.25, -0.2) is 0 Å². The van der Waals surface area contributed by atoms with Gasteiger partial charge in [0.25, 0.3) is 0 Å². The minimum absolute atomic E-state index is 0.218. The van der Waals surface area contributed by atoms with Gasteiger partial charge in [0.05, 0.1) is 12.5 Å². The van der Waals surface area contributed by atoms with Crippen molar-refractivity contribution in [2.75, 3.05) is 20.6 Å². The van der Waals surface area contributed by atoms with Crippen molar-refractivity contribution in [3.05, 3.63) is 47.1 Å². The predicted octanol–water partition coefficient (Wildman–Crippen LogP) is 1.53. The third kappa shape index (κ3) is 3.62. The van der Waals surface area contributed by atoms with Crippen LogP contribution in [0, 0.1) is 6.92 Å². The Morgan fingerprint density at radius 3 is 2.74 bits per heavy atom. The summed E-state index contributed by atoms with van der Waals surface area (Å²) in [6.45, 7) is 2.77. The molecule has 0 aliphatic carbocycles. The number of benzene rings is 1. The summed E-state index contributed by atoms with van der Waals surface area (Å²) in [7, 11) is 3.93. The lowest BCUT2D eigenvalue weighted by Gasteiger charge is -2.12. The third-order valence-electron chi connectivity index (χ3n) is 2.98. The molecule has 1 aromatic carbocycles. The topological polar surface area (TPSA) is 68.2 Å². The minimum Gasteiger partial charge on any atom is -0.339 e. The highest BCUT2D eigenvalue weighted by molar-refractivity contribution is 5.27. The molecular formula is C14H20N4O. The molecule has 1 unspecified atom stereocenters. The van der Waals surface area contributed by atoms with E-state index in [1.807, 2.05) is 31.1 Å². The SMILES string of the molecule is Cc1ccccc1Cc1nc(C(N)CN(C)C)no1. The minimum atomic E-state index is -0.218. The van der Waals surface area contributed by atoms with Crippen molar-refractivity contribution in [2.24, 2.45) is 5.73 Å². The normalized spacial score (nSPS) is 12.9.